The van der Waals surface area contributed by atoms with E-state index in [2.05, 4.69) is 0 Å². The average molecular weight is 333 g/mol. The Morgan fingerprint density at radius 2 is 1.65 bits per heavy atom. The molecule has 0 unspecified atom stereocenters. The summed E-state index contributed by atoms with van der Waals surface area (Å²) in [6, 6.07) is 16.2. The zero-order valence-electron chi connectivity index (χ0n) is 13.1. The summed E-state index contributed by atoms with van der Waals surface area (Å²) in [6.07, 6.45) is 1.07. The zero-order chi connectivity index (χ0) is 16.9. The van der Waals surface area contributed by atoms with Crippen molar-refractivity contribution in [2.45, 2.75) is 13.5 Å². The Morgan fingerprint density at radius 1 is 1.04 bits per heavy atom. The highest BCUT2D eigenvalue weighted by atomic mass is 32.2. The minimum Gasteiger partial charge on any atom is -0.459 e. The molecule has 0 aromatic heterocycles. The molecule has 0 atom stereocenters. The van der Waals surface area contributed by atoms with Gasteiger partial charge < -0.3 is 4.74 Å². The van der Waals surface area contributed by atoms with E-state index >= 15 is 0 Å². The molecule has 23 heavy (non-hydrogen) atoms. The molecule has 2 rings (SSSR count). The van der Waals surface area contributed by atoms with Crippen LogP contribution >= 0.6 is 0 Å². The van der Waals surface area contributed by atoms with Gasteiger partial charge >= 0.3 is 5.97 Å². The van der Waals surface area contributed by atoms with Gasteiger partial charge in [-0.2, -0.15) is 0 Å². The molecule has 0 amide bonds. The fourth-order valence-corrected chi connectivity index (χ4v) is 3.03. The first kappa shape index (κ1) is 17.0. The van der Waals surface area contributed by atoms with Gasteiger partial charge in [-0.05, 0) is 24.1 Å². The van der Waals surface area contributed by atoms with Crippen molar-refractivity contribution >= 4 is 21.7 Å². The molecular weight excluding hydrogens is 314 g/mol. The smallest absolute Gasteiger partial charge is 0.327 e. The van der Waals surface area contributed by atoms with Gasteiger partial charge in [0.2, 0.25) is 10.0 Å². The monoisotopic (exact) mass is 333 g/mol. The van der Waals surface area contributed by atoms with Gasteiger partial charge in [0.15, 0.2) is 0 Å². The highest BCUT2D eigenvalue weighted by molar-refractivity contribution is 7.92. The molecular formula is C17H19NO4S. The van der Waals surface area contributed by atoms with Gasteiger partial charge in [0.05, 0.1) is 11.9 Å². The third-order valence-electron chi connectivity index (χ3n) is 3.30. The van der Waals surface area contributed by atoms with E-state index in [1.165, 1.54) is 0 Å². The first-order valence-corrected chi connectivity index (χ1v) is 8.95. The maximum atomic E-state index is 12.0. The van der Waals surface area contributed by atoms with Crippen LogP contribution in [0.4, 0.5) is 5.69 Å². The minimum absolute atomic E-state index is 0.116. The lowest BCUT2D eigenvalue weighted by Gasteiger charge is -2.23. The molecule has 6 heteroatoms. The van der Waals surface area contributed by atoms with E-state index in [0.29, 0.717) is 5.69 Å². The third-order valence-corrected chi connectivity index (χ3v) is 4.43. The van der Waals surface area contributed by atoms with Crippen LogP contribution in [0, 0.1) is 6.92 Å². The Labute approximate surface area is 136 Å². The van der Waals surface area contributed by atoms with Crippen LogP contribution in [-0.2, 0) is 26.2 Å². The summed E-state index contributed by atoms with van der Waals surface area (Å²) < 4.78 is 30.3. The summed E-state index contributed by atoms with van der Waals surface area (Å²) in [5.41, 5.74) is 2.10. The second-order valence-corrected chi connectivity index (χ2v) is 7.11. The van der Waals surface area contributed by atoms with Crippen molar-refractivity contribution in [2.24, 2.45) is 0 Å². The van der Waals surface area contributed by atoms with Crippen molar-refractivity contribution in [3.8, 4) is 0 Å². The number of anilines is 1. The van der Waals surface area contributed by atoms with E-state index in [4.69, 9.17) is 4.74 Å². The molecule has 122 valence electrons. The summed E-state index contributed by atoms with van der Waals surface area (Å²) in [5, 5.41) is 0. The standard InChI is InChI=1S/C17H19NO4S/c1-14-8-6-7-11-16(14)18(23(2,20)21)12-17(19)22-13-15-9-4-3-5-10-15/h3-11H,12-13H2,1-2H3. The molecule has 0 aliphatic carbocycles. The molecule has 0 aliphatic heterocycles. The predicted octanol–water partition coefficient (Wildman–Crippen LogP) is 2.50. The number of ether oxygens (including phenoxy) is 1. The number of para-hydroxylation sites is 1. The van der Waals surface area contributed by atoms with E-state index in [1.807, 2.05) is 36.4 Å². The molecule has 0 saturated carbocycles. The fourth-order valence-electron chi connectivity index (χ4n) is 2.13. The molecule has 0 spiro atoms. The number of carbonyl (C=O) groups is 1. The molecule has 0 saturated heterocycles. The van der Waals surface area contributed by atoms with Crippen molar-refractivity contribution in [1.82, 2.24) is 0 Å². The lowest BCUT2D eigenvalue weighted by atomic mass is 10.2. The van der Waals surface area contributed by atoms with Crippen LogP contribution in [0.25, 0.3) is 0 Å². The van der Waals surface area contributed by atoms with E-state index in [0.717, 1.165) is 21.7 Å². The van der Waals surface area contributed by atoms with Crippen LogP contribution in [0.15, 0.2) is 54.6 Å². The van der Waals surface area contributed by atoms with Gasteiger partial charge in [-0.3, -0.25) is 9.10 Å². The largest absolute Gasteiger partial charge is 0.459 e. The maximum absolute atomic E-state index is 12.0. The number of sulfonamides is 1. The molecule has 0 radical (unpaired) electrons. The van der Waals surface area contributed by atoms with Crippen LogP contribution in [0.5, 0.6) is 0 Å². The third kappa shape index (κ3) is 4.82. The number of carbonyl (C=O) groups excluding carboxylic acids is 1. The van der Waals surface area contributed by atoms with Crippen molar-refractivity contribution in [1.29, 1.82) is 0 Å². The van der Waals surface area contributed by atoms with Crippen LogP contribution in [0.3, 0.4) is 0 Å². The van der Waals surface area contributed by atoms with Gasteiger partial charge in [0.25, 0.3) is 0 Å². The molecule has 5 nitrogen and oxygen atoms in total. The Balaban J connectivity index is 2.10. The molecule has 0 fully saturated rings. The SMILES string of the molecule is Cc1ccccc1N(CC(=O)OCc1ccccc1)S(C)(=O)=O. The maximum Gasteiger partial charge on any atom is 0.327 e. The summed E-state index contributed by atoms with van der Waals surface area (Å²) >= 11 is 0. The Morgan fingerprint density at radius 3 is 2.26 bits per heavy atom. The highest BCUT2D eigenvalue weighted by Gasteiger charge is 2.22. The van der Waals surface area contributed by atoms with E-state index in [-0.39, 0.29) is 13.2 Å². The molecule has 2 aromatic rings. The number of nitrogens with zero attached hydrogens (tertiary/aromatic N) is 1. The fraction of sp³-hybridized carbons (Fsp3) is 0.235. The van der Waals surface area contributed by atoms with Gasteiger partial charge in [0.1, 0.15) is 13.2 Å². The van der Waals surface area contributed by atoms with Crippen LogP contribution < -0.4 is 4.31 Å². The Kier molecular flexibility index (Phi) is 5.39. The Bertz CT molecular complexity index is 772. The van der Waals surface area contributed by atoms with Crippen molar-refractivity contribution in [3.63, 3.8) is 0 Å². The van der Waals surface area contributed by atoms with Gasteiger partial charge in [-0.15, -0.1) is 0 Å². The number of hydrogen-bond donors (Lipinski definition) is 0. The van der Waals surface area contributed by atoms with E-state index < -0.39 is 16.0 Å². The lowest BCUT2D eigenvalue weighted by Crippen LogP contribution is -2.36. The average Bonchev–Trinajstić information content (AvgIpc) is 2.51. The quantitative estimate of drug-likeness (QED) is 0.762. The first-order valence-electron chi connectivity index (χ1n) is 7.11. The highest BCUT2D eigenvalue weighted by Crippen LogP contribution is 2.21. The number of esters is 1. The Hall–Kier alpha value is -2.34. The van der Waals surface area contributed by atoms with Crippen LogP contribution in [0.2, 0.25) is 0 Å². The zero-order valence-corrected chi connectivity index (χ0v) is 13.9. The normalized spacial score (nSPS) is 11.0. The molecule has 0 bridgehead atoms. The van der Waals surface area contributed by atoms with Gasteiger partial charge in [-0.25, -0.2) is 8.42 Å². The first-order chi connectivity index (χ1) is 10.9. The van der Waals surface area contributed by atoms with Crippen molar-refractivity contribution in [3.05, 3.63) is 65.7 Å². The van der Waals surface area contributed by atoms with Crippen LogP contribution in [-0.4, -0.2) is 27.2 Å². The number of rotatable bonds is 6. The lowest BCUT2D eigenvalue weighted by molar-refractivity contribution is -0.143. The minimum atomic E-state index is -3.59. The summed E-state index contributed by atoms with van der Waals surface area (Å²) in [5.74, 6) is -0.595. The summed E-state index contributed by atoms with van der Waals surface area (Å²) in [4.78, 5) is 12.0. The second kappa shape index (κ2) is 7.28. The molecule has 0 aliphatic rings. The molecule has 0 heterocycles. The molecule has 0 N–H and O–H groups in total. The second-order valence-electron chi connectivity index (χ2n) is 5.20. The number of benzene rings is 2. The predicted molar refractivity (Wildman–Crippen MR) is 89.6 cm³/mol. The van der Waals surface area contributed by atoms with Crippen LogP contribution in [0.1, 0.15) is 11.1 Å². The molecule has 2 aromatic carbocycles. The van der Waals surface area contributed by atoms with Gasteiger partial charge in [0, 0.05) is 0 Å². The summed E-state index contributed by atoms with van der Waals surface area (Å²) in [6.45, 7) is 1.56. The number of aryl methyl sites for hydroxylation is 1. The van der Waals surface area contributed by atoms with Crippen molar-refractivity contribution < 1.29 is 17.9 Å². The van der Waals surface area contributed by atoms with Crippen molar-refractivity contribution in [2.75, 3.05) is 17.1 Å². The van der Waals surface area contributed by atoms with E-state index in [1.54, 1.807) is 25.1 Å². The van der Waals surface area contributed by atoms with Gasteiger partial charge in [-0.1, -0.05) is 48.5 Å². The summed E-state index contributed by atoms with van der Waals surface area (Å²) in [7, 11) is -3.59. The number of hydrogen-bond acceptors (Lipinski definition) is 4. The topological polar surface area (TPSA) is 63.7 Å². The van der Waals surface area contributed by atoms with E-state index in [9.17, 15) is 13.2 Å².